The van der Waals surface area contributed by atoms with Crippen molar-refractivity contribution in [1.82, 2.24) is 10.2 Å². The van der Waals surface area contributed by atoms with E-state index in [0.717, 1.165) is 5.56 Å². The van der Waals surface area contributed by atoms with Gasteiger partial charge in [0.2, 0.25) is 5.91 Å². The predicted molar refractivity (Wildman–Crippen MR) is 154 cm³/mol. The minimum absolute atomic E-state index is 0.183. The number of carbonyl (C=O) groups excluding carboxylic acids is 2. The lowest BCUT2D eigenvalue weighted by Crippen LogP contribution is -2.52. The SMILES string of the molecule is CC[C@H](C)[C@H](NC(=O)OC(C)(C)C)C(=O)N1Cc2ccccc2C1P(=O)(Oc1ccccc1)Oc1ccccc1. The Morgan fingerprint density at radius 3 is 1.98 bits per heavy atom. The van der Waals surface area contributed by atoms with Gasteiger partial charge in [-0.05, 0) is 62.1 Å². The summed E-state index contributed by atoms with van der Waals surface area (Å²) in [6.07, 6.45) is -0.0697. The van der Waals surface area contributed by atoms with Crippen LogP contribution in [0.5, 0.6) is 11.5 Å². The molecule has 8 nitrogen and oxygen atoms in total. The number of ether oxygens (including phenoxy) is 1. The second-order valence-electron chi connectivity index (χ2n) is 10.9. The Labute approximate surface area is 236 Å². The highest BCUT2D eigenvalue weighted by molar-refractivity contribution is 7.55. The third kappa shape index (κ3) is 6.86. The molecule has 3 aromatic carbocycles. The number of amides is 2. The van der Waals surface area contributed by atoms with Crippen molar-refractivity contribution in [2.45, 2.75) is 65.0 Å². The highest BCUT2D eigenvalue weighted by Crippen LogP contribution is 2.64. The number of alkyl carbamates (subject to hydrolysis) is 1. The fourth-order valence-corrected chi connectivity index (χ4v) is 6.78. The number of hydrogen-bond donors (Lipinski definition) is 1. The minimum atomic E-state index is -4.14. The summed E-state index contributed by atoms with van der Waals surface area (Å²) in [4.78, 5) is 28.6. The smallest absolute Gasteiger partial charge is 0.444 e. The van der Waals surface area contributed by atoms with Gasteiger partial charge >= 0.3 is 13.7 Å². The number of para-hydroxylation sites is 2. The van der Waals surface area contributed by atoms with Crippen LogP contribution in [0, 0.1) is 5.92 Å². The molecule has 212 valence electrons. The van der Waals surface area contributed by atoms with Crippen LogP contribution in [-0.4, -0.2) is 28.5 Å². The molecule has 1 unspecified atom stereocenters. The van der Waals surface area contributed by atoms with Gasteiger partial charge in [0.25, 0.3) is 0 Å². The number of hydrogen-bond acceptors (Lipinski definition) is 6. The molecule has 0 saturated carbocycles. The first-order chi connectivity index (χ1) is 19.0. The van der Waals surface area contributed by atoms with Gasteiger partial charge in [-0.15, -0.1) is 0 Å². The van der Waals surface area contributed by atoms with Gasteiger partial charge in [0, 0.05) is 6.54 Å². The summed E-state index contributed by atoms with van der Waals surface area (Å²) in [5.74, 6) is -0.972. The van der Waals surface area contributed by atoms with Gasteiger partial charge in [-0.2, -0.15) is 0 Å². The van der Waals surface area contributed by atoms with Gasteiger partial charge in [0.15, 0.2) is 5.78 Å². The lowest BCUT2D eigenvalue weighted by molar-refractivity contribution is -0.136. The van der Waals surface area contributed by atoms with Crippen LogP contribution < -0.4 is 14.4 Å². The number of nitrogens with zero attached hydrogens (tertiary/aromatic N) is 1. The summed E-state index contributed by atoms with van der Waals surface area (Å²) in [5, 5.41) is 2.78. The molecule has 1 N–H and O–H groups in total. The van der Waals surface area contributed by atoms with Gasteiger partial charge in [0.1, 0.15) is 23.1 Å². The summed E-state index contributed by atoms with van der Waals surface area (Å²) in [6.45, 7) is 9.30. The van der Waals surface area contributed by atoms with Crippen molar-refractivity contribution in [3.05, 3.63) is 96.1 Å². The van der Waals surface area contributed by atoms with Crippen LogP contribution in [0.2, 0.25) is 0 Å². The number of fused-ring (bicyclic) bond motifs is 1. The molecule has 1 aliphatic heterocycles. The average molecular weight is 565 g/mol. The third-order valence-corrected chi connectivity index (χ3v) is 8.74. The van der Waals surface area contributed by atoms with Gasteiger partial charge in [-0.3, -0.25) is 4.79 Å². The molecule has 9 heteroatoms. The Balaban J connectivity index is 1.77. The van der Waals surface area contributed by atoms with E-state index in [0.29, 0.717) is 23.5 Å². The van der Waals surface area contributed by atoms with Gasteiger partial charge in [-0.25, -0.2) is 9.36 Å². The second kappa shape index (κ2) is 12.2. The van der Waals surface area contributed by atoms with Crippen LogP contribution in [0.3, 0.4) is 0 Å². The van der Waals surface area contributed by atoms with Crippen LogP contribution in [0.15, 0.2) is 84.9 Å². The van der Waals surface area contributed by atoms with E-state index in [1.54, 1.807) is 69.3 Å². The zero-order valence-electron chi connectivity index (χ0n) is 23.6. The van der Waals surface area contributed by atoms with Crippen LogP contribution in [0.4, 0.5) is 4.79 Å². The van der Waals surface area contributed by atoms with E-state index in [-0.39, 0.29) is 12.5 Å². The molecule has 0 bridgehead atoms. The lowest BCUT2D eigenvalue weighted by atomic mass is 9.98. The van der Waals surface area contributed by atoms with E-state index in [4.69, 9.17) is 13.8 Å². The standard InChI is InChI=1S/C31H37N2O6P/c1-6-22(2)27(32-30(35)37-31(3,4)5)28(34)33-21-23-15-13-14-20-26(23)29(33)40(36,38-24-16-9-7-10-17-24)39-25-18-11-8-12-19-25/h7-20,22,27,29H,6,21H2,1-5H3,(H,32,35)/t22-,27-,29?/m0/s1. The van der Waals surface area contributed by atoms with E-state index in [2.05, 4.69) is 5.32 Å². The summed E-state index contributed by atoms with van der Waals surface area (Å²) < 4.78 is 32.8. The zero-order chi connectivity index (χ0) is 28.9. The molecule has 3 aromatic rings. The molecule has 0 fully saturated rings. The maximum absolute atomic E-state index is 15.0. The van der Waals surface area contributed by atoms with Crippen LogP contribution in [0.1, 0.15) is 57.9 Å². The van der Waals surface area contributed by atoms with E-state index in [1.807, 2.05) is 50.2 Å². The van der Waals surface area contributed by atoms with Crippen molar-refractivity contribution in [2.75, 3.05) is 0 Å². The van der Waals surface area contributed by atoms with Crippen molar-refractivity contribution in [2.24, 2.45) is 5.92 Å². The molecule has 0 aromatic heterocycles. The number of benzene rings is 3. The van der Waals surface area contributed by atoms with Crippen molar-refractivity contribution < 1.29 is 27.9 Å². The summed E-state index contributed by atoms with van der Waals surface area (Å²) in [7, 11) is -4.14. The van der Waals surface area contributed by atoms with E-state index >= 15 is 0 Å². The summed E-state index contributed by atoms with van der Waals surface area (Å²) in [6, 6.07) is 24.1. The fourth-order valence-electron chi connectivity index (χ4n) is 4.58. The van der Waals surface area contributed by atoms with Crippen molar-refractivity contribution in [3.8, 4) is 11.5 Å². The maximum Gasteiger partial charge on any atom is 0.457 e. The quantitative estimate of drug-likeness (QED) is 0.274. The molecular weight excluding hydrogens is 527 g/mol. The monoisotopic (exact) mass is 564 g/mol. The Kier molecular flexibility index (Phi) is 8.89. The normalized spacial score (nSPS) is 16.4. The molecule has 0 spiro atoms. The van der Waals surface area contributed by atoms with Gasteiger partial charge in [0.05, 0.1) is 0 Å². The van der Waals surface area contributed by atoms with Crippen LogP contribution in [-0.2, 0) is 20.6 Å². The molecule has 0 saturated heterocycles. The molecule has 3 atom stereocenters. The van der Waals surface area contributed by atoms with E-state index < -0.39 is 37.0 Å². The van der Waals surface area contributed by atoms with Crippen LogP contribution >= 0.6 is 7.60 Å². The molecule has 4 rings (SSSR count). The Hall–Kier alpha value is -3.77. The predicted octanol–water partition coefficient (Wildman–Crippen LogP) is 7.32. The van der Waals surface area contributed by atoms with Crippen LogP contribution in [0.25, 0.3) is 0 Å². The first-order valence-corrected chi connectivity index (χ1v) is 15.1. The average Bonchev–Trinajstić information content (AvgIpc) is 3.32. The first kappa shape index (κ1) is 29.2. The second-order valence-corrected chi connectivity index (χ2v) is 12.8. The Bertz CT molecular complexity index is 1310. The summed E-state index contributed by atoms with van der Waals surface area (Å²) in [5.41, 5.74) is 0.767. The number of rotatable bonds is 9. The zero-order valence-corrected chi connectivity index (χ0v) is 24.5. The van der Waals surface area contributed by atoms with Crippen molar-refractivity contribution >= 4 is 19.6 Å². The molecule has 0 aliphatic carbocycles. The van der Waals surface area contributed by atoms with E-state index in [9.17, 15) is 14.2 Å². The third-order valence-electron chi connectivity index (χ3n) is 6.65. The Morgan fingerprint density at radius 1 is 0.925 bits per heavy atom. The molecular formula is C31H37N2O6P. The minimum Gasteiger partial charge on any atom is -0.444 e. The molecule has 0 radical (unpaired) electrons. The van der Waals surface area contributed by atoms with Gasteiger partial charge < -0.3 is 24.0 Å². The molecule has 1 aliphatic rings. The Morgan fingerprint density at radius 2 is 1.45 bits per heavy atom. The topological polar surface area (TPSA) is 94.2 Å². The molecule has 40 heavy (non-hydrogen) atoms. The largest absolute Gasteiger partial charge is 0.457 e. The lowest BCUT2D eigenvalue weighted by Gasteiger charge is -2.35. The number of carbonyl (C=O) groups is 2. The van der Waals surface area contributed by atoms with E-state index in [1.165, 1.54) is 4.90 Å². The summed E-state index contributed by atoms with van der Waals surface area (Å²) >= 11 is 0. The fraction of sp³-hybridized carbons (Fsp3) is 0.355. The highest BCUT2D eigenvalue weighted by atomic mass is 31.2. The number of nitrogens with one attached hydrogen (secondary N) is 1. The van der Waals surface area contributed by atoms with Crippen molar-refractivity contribution in [3.63, 3.8) is 0 Å². The maximum atomic E-state index is 15.0. The van der Waals surface area contributed by atoms with Gasteiger partial charge in [-0.1, -0.05) is 80.9 Å². The highest BCUT2D eigenvalue weighted by Gasteiger charge is 2.52. The molecule has 2 amide bonds. The molecule has 1 heterocycles. The first-order valence-electron chi connectivity index (χ1n) is 13.5. The van der Waals surface area contributed by atoms with Crippen molar-refractivity contribution in [1.29, 1.82) is 0 Å².